The molecule has 2 rings (SSSR count). The number of carboxylic acids is 1. The van der Waals surface area contributed by atoms with Crippen molar-refractivity contribution in [3.8, 4) is 0 Å². The van der Waals surface area contributed by atoms with Crippen LogP contribution in [0.1, 0.15) is 20.9 Å². The van der Waals surface area contributed by atoms with Gasteiger partial charge in [-0.15, -0.1) is 11.3 Å². The first-order chi connectivity index (χ1) is 9.47. The van der Waals surface area contributed by atoms with Crippen molar-refractivity contribution in [3.05, 3.63) is 54.4 Å². The molecule has 0 aliphatic heterocycles. The van der Waals surface area contributed by atoms with Crippen molar-refractivity contribution in [2.24, 2.45) is 0 Å². The predicted molar refractivity (Wildman–Crippen MR) is 78.8 cm³/mol. The Kier molecular flexibility index (Phi) is 4.26. The van der Waals surface area contributed by atoms with Gasteiger partial charge in [0.25, 0.3) is 5.69 Å². The lowest BCUT2D eigenvalue weighted by atomic mass is 10.1. The molecule has 0 spiro atoms. The number of nitro groups is 1. The van der Waals surface area contributed by atoms with Crippen molar-refractivity contribution in [1.82, 2.24) is 4.98 Å². The van der Waals surface area contributed by atoms with E-state index in [9.17, 15) is 14.9 Å². The zero-order valence-electron chi connectivity index (χ0n) is 9.82. The second kappa shape index (κ2) is 5.93. The van der Waals surface area contributed by atoms with Crippen LogP contribution in [0.2, 0.25) is 0 Å². The predicted octanol–water partition coefficient (Wildman–Crippen LogP) is 3.68. The molecule has 102 valence electrons. The highest BCUT2D eigenvalue weighted by Crippen LogP contribution is 2.23. The normalized spacial score (nSPS) is 10.8. The molecule has 2 heterocycles. The molecular formula is C12H7BrN2O4S. The molecule has 0 radical (unpaired) electrons. The molecule has 0 atom stereocenters. The summed E-state index contributed by atoms with van der Waals surface area (Å²) in [5.41, 5.74) is -0.378. The Morgan fingerprint density at radius 1 is 1.45 bits per heavy atom. The molecule has 0 aliphatic rings. The fourth-order valence-corrected chi connectivity index (χ4v) is 2.78. The molecule has 2 aromatic heterocycles. The van der Waals surface area contributed by atoms with Crippen LogP contribution in [0.25, 0.3) is 12.2 Å². The van der Waals surface area contributed by atoms with Crippen molar-refractivity contribution in [1.29, 1.82) is 0 Å². The molecule has 20 heavy (non-hydrogen) atoms. The molecule has 0 aliphatic carbocycles. The van der Waals surface area contributed by atoms with E-state index in [4.69, 9.17) is 5.11 Å². The fourth-order valence-electron chi connectivity index (χ4n) is 1.45. The van der Waals surface area contributed by atoms with Gasteiger partial charge in [-0.05, 0) is 34.1 Å². The number of rotatable bonds is 4. The minimum absolute atomic E-state index is 0.174. The second-order valence-electron chi connectivity index (χ2n) is 3.69. The number of carbonyl (C=O) groups is 1. The number of aromatic nitrogens is 1. The van der Waals surface area contributed by atoms with Gasteiger partial charge in [0.1, 0.15) is 6.20 Å². The van der Waals surface area contributed by atoms with Gasteiger partial charge in [-0.2, -0.15) is 0 Å². The monoisotopic (exact) mass is 354 g/mol. The van der Waals surface area contributed by atoms with E-state index < -0.39 is 10.9 Å². The van der Waals surface area contributed by atoms with Crippen molar-refractivity contribution < 1.29 is 14.8 Å². The lowest BCUT2D eigenvalue weighted by Gasteiger charge is -1.99. The Hall–Kier alpha value is -2.06. The van der Waals surface area contributed by atoms with E-state index in [2.05, 4.69) is 20.9 Å². The number of hydrogen-bond donors (Lipinski definition) is 1. The standard InChI is InChI=1S/C12H7BrN2O4S/c13-7-3-9(20-6-7)1-2-11-10(12(16)17)4-8(5-14-11)15(18)19/h1-6H,(H,16,17). The molecule has 0 amide bonds. The smallest absolute Gasteiger partial charge is 0.338 e. The highest BCUT2D eigenvalue weighted by Gasteiger charge is 2.15. The van der Waals surface area contributed by atoms with Gasteiger partial charge in [-0.25, -0.2) is 9.78 Å². The molecule has 8 heteroatoms. The van der Waals surface area contributed by atoms with Gasteiger partial charge in [0.2, 0.25) is 0 Å². The van der Waals surface area contributed by atoms with Crippen LogP contribution in [-0.4, -0.2) is 21.0 Å². The van der Waals surface area contributed by atoms with Gasteiger partial charge in [0.05, 0.1) is 16.2 Å². The SMILES string of the molecule is O=C(O)c1cc([N+](=O)[O-])cnc1C=Cc1cc(Br)cs1. The van der Waals surface area contributed by atoms with Gasteiger partial charge < -0.3 is 5.11 Å². The summed E-state index contributed by atoms with van der Waals surface area (Å²) in [4.78, 5) is 25.8. The second-order valence-corrected chi connectivity index (χ2v) is 5.55. The maximum absolute atomic E-state index is 11.1. The number of pyridine rings is 1. The van der Waals surface area contributed by atoms with Crippen LogP contribution in [0.5, 0.6) is 0 Å². The summed E-state index contributed by atoms with van der Waals surface area (Å²) < 4.78 is 0.928. The van der Waals surface area contributed by atoms with E-state index in [1.54, 1.807) is 6.08 Å². The van der Waals surface area contributed by atoms with E-state index in [-0.39, 0.29) is 16.9 Å². The molecule has 1 N–H and O–H groups in total. The first kappa shape index (κ1) is 14.4. The van der Waals surface area contributed by atoms with E-state index in [0.29, 0.717) is 0 Å². The number of carboxylic acid groups (broad SMARTS) is 1. The molecular weight excluding hydrogens is 348 g/mol. The van der Waals surface area contributed by atoms with Crippen molar-refractivity contribution in [2.45, 2.75) is 0 Å². The maximum Gasteiger partial charge on any atom is 0.338 e. The third-order valence-electron chi connectivity index (χ3n) is 2.34. The van der Waals surface area contributed by atoms with Gasteiger partial charge >= 0.3 is 5.97 Å². The minimum atomic E-state index is -1.26. The van der Waals surface area contributed by atoms with Gasteiger partial charge in [0, 0.05) is 20.8 Å². The van der Waals surface area contributed by atoms with Crippen LogP contribution in [0, 0.1) is 10.1 Å². The fraction of sp³-hybridized carbons (Fsp3) is 0. The summed E-state index contributed by atoms with van der Waals surface area (Å²) in [7, 11) is 0. The van der Waals surface area contributed by atoms with Gasteiger partial charge in [-0.1, -0.05) is 0 Å². The third kappa shape index (κ3) is 3.28. The quantitative estimate of drug-likeness (QED) is 0.667. The molecule has 0 bridgehead atoms. The topological polar surface area (TPSA) is 93.3 Å². The lowest BCUT2D eigenvalue weighted by Crippen LogP contribution is -2.03. The summed E-state index contributed by atoms with van der Waals surface area (Å²) in [5.74, 6) is -1.26. The highest BCUT2D eigenvalue weighted by molar-refractivity contribution is 9.10. The number of halogens is 1. The Balaban J connectivity index is 2.38. The number of hydrogen-bond acceptors (Lipinski definition) is 5. The van der Waals surface area contributed by atoms with Crippen molar-refractivity contribution in [3.63, 3.8) is 0 Å². The highest BCUT2D eigenvalue weighted by atomic mass is 79.9. The zero-order chi connectivity index (χ0) is 14.7. The molecule has 0 unspecified atom stereocenters. The Labute approximate surface area is 125 Å². The van der Waals surface area contributed by atoms with E-state index in [0.717, 1.165) is 21.6 Å². The van der Waals surface area contributed by atoms with Crippen LogP contribution >= 0.6 is 27.3 Å². The van der Waals surface area contributed by atoms with E-state index in [1.807, 2.05) is 11.4 Å². The van der Waals surface area contributed by atoms with E-state index in [1.165, 1.54) is 17.4 Å². The molecule has 2 aromatic rings. The summed E-state index contributed by atoms with van der Waals surface area (Å²) in [6.07, 6.45) is 4.26. The van der Waals surface area contributed by atoms with Gasteiger partial charge in [-0.3, -0.25) is 10.1 Å². The zero-order valence-corrected chi connectivity index (χ0v) is 12.2. The molecule has 0 saturated carbocycles. The van der Waals surface area contributed by atoms with Crippen LogP contribution in [0.4, 0.5) is 5.69 Å². The molecule has 6 nitrogen and oxygen atoms in total. The molecule has 0 fully saturated rings. The first-order valence-corrected chi connectivity index (χ1v) is 6.94. The first-order valence-electron chi connectivity index (χ1n) is 5.27. The Bertz CT molecular complexity index is 711. The molecule has 0 saturated heterocycles. The molecule has 0 aromatic carbocycles. The van der Waals surface area contributed by atoms with Crippen LogP contribution in [0.15, 0.2) is 28.2 Å². The number of thiophene rings is 1. The van der Waals surface area contributed by atoms with E-state index >= 15 is 0 Å². The van der Waals surface area contributed by atoms with Crippen LogP contribution in [-0.2, 0) is 0 Å². The van der Waals surface area contributed by atoms with Gasteiger partial charge in [0.15, 0.2) is 0 Å². The summed E-state index contributed by atoms with van der Waals surface area (Å²) >= 11 is 4.79. The average molecular weight is 355 g/mol. The minimum Gasteiger partial charge on any atom is -0.478 e. The summed E-state index contributed by atoms with van der Waals surface area (Å²) in [5, 5.41) is 21.6. The van der Waals surface area contributed by atoms with Crippen LogP contribution in [0.3, 0.4) is 0 Å². The van der Waals surface area contributed by atoms with Crippen molar-refractivity contribution in [2.75, 3.05) is 0 Å². The Morgan fingerprint density at radius 3 is 2.75 bits per heavy atom. The Morgan fingerprint density at radius 2 is 2.20 bits per heavy atom. The number of nitrogens with zero attached hydrogens (tertiary/aromatic N) is 2. The van der Waals surface area contributed by atoms with Crippen molar-refractivity contribution >= 4 is 51.1 Å². The third-order valence-corrected chi connectivity index (χ3v) is 4.00. The summed E-state index contributed by atoms with van der Waals surface area (Å²) in [6.45, 7) is 0. The largest absolute Gasteiger partial charge is 0.478 e. The average Bonchev–Trinajstić information content (AvgIpc) is 2.81. The number of aromatic carboxylic acids is 1. The summed E-state index contributed by atoms with van der Waals surface area (Å²) in [6, 6.07) is 2.87. The van der Waals surface area contributed by atoms with Crippen LogP contribution < -0.4 is 0 Å². The lowest BCUT2D eigenvalue weighted by molar-refractivity contribution is -0.385. The maximum atomic E-state index is 11.1.